The lowest BCUT2D eigenvalue weighted by molar-refractivity contribution is -0.122. The number of H-pyrrole nitrogens is 1. The zero-order valence-corrected chi connectivity index (χ0v) is 15.0. The second-order valence-electron chi connectivity index (χ2n) is 5.06. The van der Waals surface area contributed by atoms with E-state index in [9.17, 15) is 17.6 Å². The number of hydrogen-bond acceptors (Lipinski definition) is 6. The maximum atomic E-state index is 13.8. The molecular weight excluding hydrogens is 369 g/mol. The molecule has 8 nitrogen and oxygen atoms in total. The van der Waals surface area contributed by atoms with Crippen LogP contribution in [0, 0.1) is 5.82 Å². The number of amides is 1. The zero-order chi connectivity index (χ0) is 18.3. The van der Waals surface area contributed by atoms with Gasteiger partial charge in [-0.3, -0.25) is 4.79 Å². The molecule has 25 heavy (non-hydrogen) atoms. The molecule has 0 aliphatic carbocycles. The van der Waals surface area contributed by atoms with Gasteiger partial charge in [0.2, 0.25) is 15.9 Å². The van der Waals surface area contributed by atoms with E-state index >= 15 is 0 Å². The van der Waals surface area contributed by atoms with Crippen molar-refractivity contribution in [2.24, 2.45) is 0 Å². The number of aromatic nitrogens is 3. The van der Waals surface area contributed by atoms with Crippen molar-refractivity contribution in [1.29, 1.82) is 0 Å². The first-order valence-corrected chi connectivity index (χ1v) is 10.2. The highest BCUT2D eigenvalue weighted by atomic mass is 32.2. The van der Waals surface area contributed by atoms with Crippen LogP contribution in [0.25, 0.3) is 0 Å². The van der Waals surface area contributed by atoms with Crippen molar-refractivity contribution in [3.63, 3.8) is 0 Å². The molecule has 0 radical (unpaired) electrons. The van der Waals surface area contributed by atoms with Gasteiger partial charge in [0.05, 0.1) is 12.7 Å². The summed E-state index contributed by atoms with van der Waals surface area (Å²) in [4.78, 5) is 11.8. The Morgan fingerprint density at radius 2 is 2.16 bits per heavy atom. The zero-order valence-electron chi connectivity index (χ0n) is 13.4. The monoisotopic (exact) mass is 387 g/mol. The minimum absolute atomic E-state index is 0.104. The van der Waals surface area contributed by atoms with Crippen LogP contribution >= 0.6 is 11.8 Å². The number of aromatic amines is 1. The minimum Gasteiger partial charge on any atom is -0.349 e. The fraction of sp³-hybridized carbons (Fsp3) is 0.357. The Kier molecular flexibility index (Phi) is 6.91. The maximum Gasteiger partial charge on any atom is 0.244 e. The summed E-state index contributed by atoms with van der Waals surface area (Å²) in [7, 11) is -4.17. The van der Waals surface area contributed by atoms with Crippen LogP contribution in [0.4, 0.5) is 4.39 Å². The van der Waals surface area contributed by atoms with Crippen LogP contribution in [-0.4, -0.2) is 47.8 Å². The van der Waals surface area contributed by atoms with Crippen LogP contribution in [-0.2, 0) is 21.4 Å². The lowest BCUT2D eigenvalue weighted by Crippen LogP contribution is -2.47. The predicted molar refractivity (Wildman–Crippen MR) is 91.7 cm³/mol. The summed E-state index contributed by atoms with van der Waals surface area (Å²) in [5.41, 5.74) is 0.508. The Morgan fingerprint density at radius 1 is 1.40 bits per heavy atom. The Bertz CT molecular complexity index is 799. The van der Waals surface area contributed by atoms with Crippen LogP contribution in [0.3, 0.4) is 0 Å². The van der Waals surface area contributed by atoms with Crippen molar-refractivity contribution in [3.05, 3.63) is 42.0 Å². The highest BCUT2D eigenvalue weighted by Gasteiger charge is 2.27. The van der Waals surface area contributed by atoms with Crippen LogP contribution in [0.5, 0.6) is 0 Å². The number of rotatable bonds is 9. The predicted octanol–water partition coefficient (Wildman–Crippen LogP) is 0.660. The van der Waals surface area contributed by atoms with Crippen molar-refractivity contribution in [1.82, 2.24) is 25.4 Å². The van der Waals surface area contributed by atoms with Gasteiger partial charge in [-0.25, -0.2) is 12.8 Å². The van der Waals surface area contributed by atoms with Crippen molar-refractivity contribution in [2.45, 2.75) is 23.9 Å². The van der Waals surface area contributed by atoms with E-state index in [1.807, 2.05) is 6.26 Å². The van der Waals surface area contributed by atoms with E-state index in [4.69, 9.17) is 0 Å². The average molecular weight is 387 g/mol. The number of halogens is 1. The average Bonchev–Trinajstić information content (AvgIpc) is 3.10. The first-order valence-electron chi connectivity index (χ1n) is 7.32. The Balaban J connectivity index is 2.10. The third-order valence-corrected chi connectivity index (χ3v) is 5.41. The van der Waals surface area contributed by atoms with Crippen molar-refractivity contribution >= 4 is 27.7 Å². The molecule has 0 fully saturated rings. The normalized spacial score (nSPS) is 12.7. The van der Waals surface area contributed by atoms with E-state index in [1.165, 1.54) is 30.1 Å². The molecule has 11 heteroatoms. The van der Waals surface area contributed by atoms with E-state index in [0.29, 0.717) is 11.4 Å². The SMILES string of the molecule is CSCC[C@H](NS(=O)(=O)c1ccccc1F)C(=O)NCc1cn[nH]n1. The summed E-state index contributed by atoms with van der Waals surface area (Å²) in [6.07, 6.45) is 3.55. The minimum atomic E-state index is -4.17. The number of thioether (sulfide) groups is 1. The maximum absolute atomic E-state index is 13.8. The molecule has 0 unspecified atom stereocenters. The number of benzene rings is 1. The van der Waals surface area contributed by atoms with Crippen LogP contribution < -0.4 is 10.0 Å². The summed E-state index contributed by atoms with van der Waals surface area (Å²) in [5.74, 6) is -0.833. The third kappa shape index (κ3) is 5.51. The van der Waals surface area contributed by atoms with Gasteiger partial charge in [0.15, 0.2) is 0 Å². The number of nitrogens with zero attached hydrogens (tertiary/aromatic N) is 2. The molecule has 0 aliphatic rings. The first kappa shape index (κ1) is 19.3. The number of carbonyl (C=O) groups is 1. The van der Waals surface area contributed by atoms with Crippen LogP contribution in [0.2, 0.25) is 0 Å². The topological polar surface area (TPSA) is 117 Å². The molecule has 0 aliphatic heterocycles. The molecular formula is C14H18FN5O3S2. The fourth-order valence-corrected chi connectivity index (χ4v) is 3.78. The van der Waals surface area contributed by atoms with Gasteiger partial charge in [-0.1, -0.05) is 12.1 Å². The van der Waals surface area contributed by atoms with Gasteiger partial charge >= 0.3 is 0 Å². The summed E-state index contributed by atoms with van der Waals surface area (Å²) in [5, 5.41) is 12.4. The molecule has 1 aromatic heterocycles. The molecule has 136 valence electrons. The number of nitrogens with one attached hydrogen (secondary N) is 3. The molecule has 1 atom stereocenters. The van der Waals surface area contributed by atoms with E-state index < -0.39 is 32.7 Å². The van der Waals surface area contributed by atoms with E-state index in [1.54, 1.807) is 0 Å². The molecule has 3 N–H and O–H groups in total. The number of carbonyl (C=O) groups excluding carboxylic acids is 1. The standard InChI is InChI=1S/C14H18FN5O3S2/c1-24-7-6-12(14(21)16-8-10-9-17-20-18-10)19-25(22,23)13-5-3-2-4-11(13)15/h2-5,9,12,19H,6-8H2,1H3,(H,16,21)(H,17,18,20)/t12-/m0/s1. The Hall–Kier alpha value is -1.98. The van der Waals surface area contributed by atoms with Gasteiger partial charge in [0.25, 0.3) is 0 Å². The van der Waals surface area contributed by atoms with Crippen molar-refractivity contribution < 1.29 is 17.6 Å². The Labute approximate surface area is 149 Å². The van der Waals surface area contributed by atoms with E-state index in [-0.39, 0.29) is 13.0 Å². The highest BCUT2D eigenvalue weighted by Crippen LogP contribution is 2.15. The van der Waals surface area contributed by atoms with Gasteiger partial charge < -0.3 is 5.32 Å². The van der Waals surface area contributed by atoms with Gasteiger partial charge in [0, 0.05) is 0 Å². The summed E-state index contributed by atoms with van der Waals surface area (Å²) >= 11 is 1.47. The summed E-state index contributed by atoms with van der Waals surface area (Å²) in [6, 6.07) is 3.99. The molecule has 0 saturated heterocycles. The lowest BCUT2D eigenvalue weighted by Gasteiger charge is -2.18. The highest BCUT2D eigenvalue weighted by molar-refractivity contribution is 7.98. The largest absolute Gasteiger partial charge is 0.349 e. The second kappa shape index (κ2) is 8.92. The van der Waals surface area contributed by atoms with Gasteiger partial charge in [-0.05, 0) is 30.6 Å². The molecule has 0 bridgehead atoms. The summed E-state index contributed by atoms with van der Waals surface area (Å²) < 4.78 is 40.9. The smallest absolute Gasteiger partial charge is 0.244 e. The first-order chi connectivity index (χ1) is 11.9. The van der Waals surface area contributed by atoms with Crippen molar-refractivity contribution in [2.75, 3.05) is 12.0 Å². The van der Waals surface area contributed by atoms with E-state index in [0.717, 1.165) is 12.1 Å². The quantitative estimate of drug-likeness (QED) is 0.582. The number of hydrogen-bond donors (Lipinski definition) is 3. The summed E-state index contributed by atoms with van der Waals surface area (Å²) in [6.45, 7) is 0.104. The molecule has 0 saturated carbocycles. The second-order valence-corrected chi connectivity index (χ2v) is 7.73. The van der Waals surface area contributed by atoms with Crippen LogP contribution in [0.1, 0.15) is 12.1 Å². The Morgan fingerprint density at radius 3 is 2.80 bits per heavy atom. The fourth-order valence-electron chi connectivity index (χ4n) is 2.00. The number of sulfonamides is 1. The van der Waals surface area contributed by atoms with E-state index in [2.05, 4.69) is 25.4 Å². The van der Waals surface area contributed by atoms with Gasteiger partial charge in [-0.2, -0.15) is 31.9 Å². The molecule has 2 aromatic rings. The van der Waals surface area contributed by atoms with Crippen LogP contribution in [0.15, 0.2) is 35.4 Å². The molecule has 0 spiro atoms. The molecule has 2 rings (SSSR count). The van der Waals surface area contributed by atoms with Gasteiger partial charge in [-0.15, -0.1) is 0 Å². The third-order valence-electron chi connectivity index (χ3n) is 3.26. The lowest BCUT2D eigenvalue weighted by atomic mass is 10.2. The van der Waals surface area contributed by atoms with Gasteiger partial charge in [0.1, 0.15) is 22.4 Å². The van der Waals surface area contributed by atoms with Crippen molar-refractivity contribution in [3.8, 4) is 0 Å². The molecule has 1 amide bonds. The molecule has 1 aromatic carbocycles. The molecule has 1 heterocycles.